The highest BCUT2D eigenvalue weighted by molar-refractivity contribution is 9.10. The Morgan fingerprint density at radius 1 is 1.18 bits per heavy atom. The molecule has 2 aromatic rings. The van der Waals surface area contributed by atoms with E-state index in [0.717, 1.165) is 7.11 Å². The van der Waals surface area contributed by atoms with Gasteiger partial charge in [0.25, 0.3) is 5.91 Å². The Labute approximate surface area is 198 Å². The van der Waals surface area contributed by atoms with Crippen LogP contribution in [-0.4, -0.2) is 36.4 Å². The first-order valence-corrected chi connectivity index (χ1v) is 9.82. The van der Waals surface area contributed by atoms with Gasteiger partial charge in [-0.3, -0.25) is 4.79 Å². The van der Waals surface area contributed by atoms with E-state index in [4.69, 9.17) is 4.74 Å². The molecule has 2 rings (SSSR count). The largest absolute Gasteiger partial charge is 0.490 e. The average molecular weight is 589 g/mol. The van der Waals surface area contributed by atoms with Gasteiger partial charge in [-0.05, 0) is 45.7 Å². The number of methoxy groups -OCH3 is 1. The fraction of sp³-hybridized carbons (Fsp3) is 0.278. The quantitative estimate of drug-likeness (QED) is 0.166. The van der Waals surface area contributed by atoms with Crippen molar-refractivity contribution >= 4 is 44.8 Å². The molecule has 0 saturated carbocycles. The number of anilines is 1. The Kier molecular flexibility index (Phi) is 8.28. The number of para-hydroxylation sites is 1. The third-order valence-corrected chi connectivity index (χ3v) is 5.21. The van der Waals surface area contributed by atoms with Crippen LogP contribution in [0.4, 0.5) is 46.5 Å². The topological polar surface area (TPSA) is 84.4 Å². The van der Waals surface area contributed by atoms with Crippen molar-refractivity contribution < 1.29 is 60.1 Å². The number of carbonyl (C=O) groups is 1. The molecule has 16 heteroatoms. The molecule has 6 nitrogen and oxygen atoms in total. The number of alkyl halides is 9. The number of rotatable bonds is 8. The first-order chi connectivity index (χ1) is 15.6. The molecule has 1 atom stereocenters. The molecule has 1 amide bonds. The van der Waals surface area contributed by atoms with Crippen molar-refractivity contribution in [1.82, 2.24) is 0 Å². The van der Waals surface area contributed by atoms with E-state index >= 15 is 0 Å². The molecule has 0 fully saturated rings. The molecule has 0 aromatic heterocycles. The van der Waals surface area contributed by atoms with Gasteiger partial charge in [0.2, 0.25) is 5.69 Å². The van der Waals surface area contributed by atoms with Crippen molar-refractivity contribution in [3.8, 4) is 11.5 Å². The minimum atomic E-state index is -6.28. The highest BCUT2D eigenvalue weighted by Gasteiger charge is 2.72. The van der Waals surface area contributed by atoms with Crippen molar-refractivity contribution in [2.45, 2.75) is 23.8 Å². The Morgan fingerprint density at radius 2 is 1.79 bits per heavy atom. The highest BCUT2D eigenvalue weighted by Crippen LogP contribution is 2.56. The Balaban J connectivity index is 2.67. The van der Waals surface area contributed by atoms with E-state index in [1.807, 2.05) is 5.32 Å². The van der Waals surface area contributed by atoms with E-state index in [-0.39, 0.29) is 29.1 Å². The van der Waals surface area contributed by atoms with Crippen LogP contribution in [0.5, 0.6) is 11.5 Å². The molecule has 0 saturated heterocycles. The summed E-state index contributed by atoms with van der Waals surface area (Å²) in [6, 6.07) is 3.91. The number of nitrogens with two attached hydrogens (primary N) is 1. The third kappa shape index (κ3) is 5.31. The highest BCUT2D eigenvalue weighted by atomic mass is 79.9. The van der Waals surface area contributed by atoms with Crippen LogP contribution >= 0.6 is 27.5 Å². The fourth-order valence-electron chi connectivity index (χ4n) is 2.82. The number of quaternary nitrogens is 1. The molecule has 0 aliphatic carbocycles. The molecule has 0 bridgehead atoms. The first kappa shape index (κ1) is 27.9. The second-order valence-electron chi connectivity index (χ2n) is 6.37. The first-order valence-electron chi connectivity index (χ1n) is 8.65. The van der Waals surface area contributed by atoms with Crippen LogP contribution in [0.15, 0.2) is 34.8 Å². The Bertz CT molecular complexity index is 1050. The van der Waals surface area contributed by atoms with E-state index in [9.17, 15) is 45.1 Å². The minimum absolute atomic E-state index is 0.0327. The summed E-state index contributed by atoms with van der Waals surface area (Å²) >= 11 is 7.04. The van der Waals surface area contributed by atoms with Gasteiger partial charge in [0, 0.05) is 16.1 Å². The van der Waals surface area contributed by atoms with E-state index in [2.05, 4.69) is 32.3 Å². The lowest BCUT2D eigenvalue weighted by molar-refractivity contribution is -0.825. The van der Waals surface area contributed by atoms with Crippen molar-refractivity contribution in [1.29, 1.82) is 0 Å². The summed E-state index contributed by atoms with van der Waals surface area (Å²) in [5.74, 6) is -2.56. The lowest BCUT2D eigenvalue weighted by Gasteiger charge is -2.32. The van der Waals surface area contributed by atoms with Gasteiger partial charge in [0.15, 0.2) is 11.5 Å². The fourth-order valence-corrected chi connectivity index (χ4v) is 3.58. The van der Waals surface area contributed by atoms with Gasteiger partial charge in [-0.1, -0.05) is 6.07 Å². The number of hydrogen-bond donors (Lipinski definition) is 3. The second-order valence-corrected chi connectivity index (χ2v) is 7.70. The Hall–Kier alpha value is -2.36. The molecule has 34 heavy (non-hydrogen) atoms. The monoisotopic (exact) mass is 587 g/mol. The molecule has 0 spiro atoms. The average Bonchev–Trinajstić information content (AvgIpc) is 2.72. The van der Waals surface area contributed by atoms with Gasteiger partial charge < -0.3 is 14.8 Å². The smallest absolute Gasteiger partial charge is 0.434 e. The van der Waals surface area contributed by atoms with Crippen molar-refractivity contribution in [2.75, 3.05) is 12.4 Å². The van der Waals surface area contributed by atoms with Crippen molar-refractivity contribution in [2.24, 2.45) is 0 Å². The summed E-state index contributed by atoms with van der Waals surface area (Å²) in [5.41, 5.74) is -7.79. The second kappa shape index (κ2) is 10.1. The molecule has 1 unspecified atom stereocenters. The maximum absolute atomic E-state index is 14.7. The van der Waals surface area contributed by atoms with Crippen LogP contribution in [0.1, 0.15) is 15.9 Å². The maximum atomic E-state index is 14.7. The van der Waals surface area contributed by atoms with Crippen LogP contribution in [-0.2, 0) is 5.67 Å². The number of carbonyl (C=O) groups excluding carboxylic acids is 1. The summed E-state index contributed by atoms with van der Waals surface area (Å²) in [6.07, 6.45) is -6.28. The molecule has 4 N–H and O–H groups in total. The van der Waals surface area contributed by atoms with E-state index in [1.165, 1.54) is 18.2 Å². The molecular formula is C18H13BrClF8N2O4+. The van der Waals surface area contributed by atoms with Crippen LogP contribution in [0.2, 0.25) is 0 Å². The third-order valence-electron chi connectivity index (χ3n) is 4.32. The van der Waals surface area contributed by atoms with Gasteiger partial charge >= 0.3 is 23.8 Å². The van der Waals surface area contributed by atoms with Crippen molar-refractivity contribution in [3.63, 3.8) is 0 Å². The SMILES string of the molecule is COc1c([NH2+]O)cccc1C(=O)Nc1c(Br)cc(C(F)(C(F)(F)F)C(F)(F)Cl)cc1OC(F)F. The van der Waals surface area contributed by atoms with Crippen LogP contribution in [0, 0.1) is 0 Å². The maximum Gasteiger partial charge on any atom is 0.434 e. The van der Waals surface area contributed by atoms with E-state index in [0.29, 0.717) is 5.48 Å². The van der Waals surface area contributed by atoms with Gasteiger partial charge in [-0.15, -0.1) is 0 Å². The normalized spacial score (nSPS) is 14.0. The van der Waals surface area contributed by atoms with Crippen molar-refractivity contribution in [3.05, 3.63) is 45.9 Å². The summed E-state index contributed by atoms with van der Waals surface area (Å²) in [6.45, 7) is -3.71. The van der Waals surface area contributed by atoms with Gasteiger partial charge in [-0.25, -0.2) is 9.60 Å². The predicted molar refractivity (Wildman–Crippen MR) is 105 cm³/mol. The lowest BCUT2D eigenvalue weighted by atomic mass is 9.94. The zero-order valence-electron chi connectivity index (χ0n) is 16.5. The number of nitrogens with one attached hydrogen (secondary N) is 1. The molecule has 0 heterocycles. The molecule has 0 radical (unpaired) electrons. The van der Waals surface area contributed by atoms with Crippen LogP contribution in [0.25, 0.3) is 0 Å². The number of benzene rings is 2. The summed E-state index contributed by atoms with van der Waals surface area (Å²) < 4.78 is 116. The summed E-state index contributed by atoms with van der Waals surface area (Å²) in [4.78, 5) is 12.7. The summed E-state index contributed by atoms with van der Waals surface area (Å²) in [7, 11) is 1.14. The molecule has 188 valence electrons. The van der Waals surface area contributed by atoms with Gasteiger partial charge in [-0.2, -0.15) is 36.2 Å². The van der Waals surface area contributed by atoms with Gasteiger partial charge in [0.05, 0.1) is 18.4 Å². The minimum Gasteiger partial charge on any atom is -0.490 e. The van der Waals surface area contributed by atoms with Crippen LogP contribution in [0.3, 0.4) is 0 Å². The molecular weight excluding hydrogens is 576 g/mol. The molecule has 0 aliphatic rings. The zero-order chi connectivity index (χ0) is 26.1. The molecule has 2 aromatic carbocycles. The predicted octanol–water partition coefficient (Wildman–Crippen LogP) is 5.45. The lowest BCUT2D eigenvalue weighted by Crippen LogP contribution is -2.73. The van der Waals surface area contributed by atoms with Gasteiger partial charge in [0.1, 0.15) is 0 Å². The number of halogens is 10. The molecule has 0 aliphatic heterocycles. The van der Waals surface area contributed by atoms with Crippen LogP contribution < -0.4 is 20.3 Å². The van der Waals surface area contributed by atoms with E-state index < -0.39 is 51.2 Å². The van der Waals surface area contributed by atoms with E-state index in [1.54, 1.807) is 0 Å². The Morgan fingerprint density at radius 3 is 2.26 bits per heavy atom. The number of hydrogen-bond acceptors (Lipinski definition) is 4. The summed E-state index contributed by atoms with van der Waals surface area (Å²) in [5, 5.41) is 5.71. The zero-order valence-corrected chi connectivity index (χ0v) is 18.8. The number of amides is 1. The standard InChI is InChI=1S/C18H12BrClF8N2O4/c1-33-13-8(3-2-4-10(13)30-32)14(31)29-12-9(19)5-7(6-11(12)34-15(21)22)16(23,17(20,24)25)18(26,27)28/h2-6,15,30,32H,1H3,(H,29,31)/p+1. The number of ether oxygens (including phenoxy) is 2.